The number of nitrogens with zero attached hydrogens (tertiary/aromatic N) is 1. The fraction of sp³-hybridized carbons (Fsp3) is 0.214. The van der Waals surface area contributed by atoms with E-state index in [2.05, 4.69) is 6.07 Å². The minimum absolute atomic E-state index is 0.0548. The van der Waals surface area contributed by atoms with Gasteiger partial charge >= 0.3 is 0 Å². The predicted molar refractivity (Wildman–Crippen MR) is 67.4 cm³/mol. The maximum Gasteiger partial charge on any atom is 0.176 e. The van der Waals surface area contributed by atoms with Crippen LogP contribution >= 0.6 is 0 Å². The predicted octanol–water partition coefficient (Wildman–Crippen LogP) is 3.44. The monoisotopic (exact) mass is 227 g/mol. The topological polar surface area (TPSA) is 35.1 Å². The van der Waals surface area contributed by atoms with E-state index in [1.54, 1.807) is 6.92 Å². The Morgan fingerprint density at radius 2 is 2.00 bits per heavy atom. The number of carbonyl (C=O) groups excluding carboxylic acids is 1. The van der Waals surface area contributed by atoms with Crippen LogP contribution in [0.15, 0.2) is 28.7 Å². The average molecular weight is 227 g/mol. The van der Waals surface area contributed by atoms with Crippen molar-refractivity contribution in [2.75, 3.05) is 0 Å². The van der Waals surface area contributed by atoms with E-state index < -0.39 is 0 Å². The third kappa shape index (κ3) is 1.32. The van der Waals surface area contributed by atoms with Gasteiger partial charge in [0.05, 0.1) is 11.2 Å². The molecule has 0 aliphatic carbocycles. The summed E-state index contributed by atoms with van der Waals surface area (Å²) in [4.78, 5) is 11.5. The number of benzene rings is 1. The van der Waals surface area contributed by atoms with E-state index in [1.165, 1.54) is 5.56 Å². The van der Waals surface area contributed by atoms with Crippen LogP contribution in [0.1, 0.15) is 23.0 Å². The van der Waals surface area contributed by atoms with Gasteiger partial charge in [0.2, 0.25) is 0 Å². The van der Waals surface area contributed by atoms with Crippen LogP contribution in [0.5, 0.6) is 0 Å². The van der Waals surface area contributed by atoms with E-state index in [0.29, 0.717) is 5.69 Å². The number of ketones is 1. The lowest BCUT2D eigenvalue weighted by atomic mass is 10.2. The number of carbonyl (C=O) groups is 1. The molecular formula is C14H13NO2. The quantitative estimate of drug-likeness (QED) is 0.597. The molecule has 17 heavy (non-hydrogen) atoms. The summed E-state index contributed by atoms with van der Waals surface area (Å²) in [6, 6.07) is 7.92. The largest absolute Gasteiger partial charge is 0.454 e. The number of aryl methyl sites for hydroxylation is 2. The smallest absolute Gasteiger partial charge is 0.176 e. The molecule has 3 heteroatoms. The van der Waals surface area contributed by atoms with Gasteiger partial charge in [0.1, 0.15) is 5.58 Å². The van der Waals surface area contributed by atoms with Gasteiger partial charge in [0.25, 0.3) is 0 Å². The van der Waals surface area contributed by atoms with Crippen molar-refractivity contribution in [1.82, 2.24) is 4.57 Å². The third-order valence-electron chi connectivity index (χ3n) is 3.17. The molecule has 0 radical (unpaired) electrons. The molecule has 3 rings (SSSR count). The molecule has 2 aromatic heterocycles. The fourth-order valence-electron chi connectivity index (χ4n) is 2.33. The Bertz CT molecular complexity index is 746. The van der Waals surface area contributed by atoms with Gasteiger partial charge in [-0.2, -0.15) is 0 Å². The van der Waals surface area contributed by atoms with Crippen LogP contribution in [0.2, 0.25) is 0 Å². The number of hydrogen-bond acceptors (Lipinski definition) is 2. The van der Waals surface area contributed by atoms with Gasteiger partial charge in [-0.1, -0.05) is 6.07 Å². The highest BCUT2D eigenvalue weighted by Crippen LogP contribution is 2.31. The molecule has 0 atom stereocenters. The molecule has 1 aromatic carbocycles. The van der Waals surface area contributed by atoms with Gasteiger partial charge in [0, 0.05) is 25.4 Å². The van der Waals surface area contributed by atoms with Crippen LogP contribution in [-0.2, 0) is 7.05 Å². The second kappa shape index (κ2) is 3.23. The van der Waals surface area contributed by atoms with Crippen LogP contribution in [0.4, 0.5) is 0 Å². The van der Waals surface area contributed by atoms with E-state index >= 15 is 0 Å². The maximum absolute atomic E-state index is 11.5. The van der Waals surface area contributed by atoms with Gasteiger partial charge in [-0.15, -0.1) is 0 Å². The zero-order valence-corrected chi connectivity index (χ0v) is 10.1. The minimum Gasteiger partial charge on any atom is -0.454 e. The number of aromatic nitrogens is 1. The summed E-state index contributed by atoms with van der Waals surface area (Å²) in [5.74, 6) is 0.0548. The molecule has 0 aliphatic heterocycles. The summed E-state index contributed by atoms with van der Waals surface area (Å²) in [6.45, 7) is 3.61. The number of Topliss-reactive ketones (excluding diaryl/α,β-unsaturated/α-hetero) is 1. The summed E-state index contributed by atoms with van der Waals surface area (Å²) in [5, 5.41) is 1.06. The number of furan rings is 1. The summed E-state index contributed by atoms with van der Waals surface area (Å²) >= 11 is 0. The van der Waals surface area contributed by atoms with Gasteiger partial charge in [-0.25, -0.2) is 0 Å². The molecule has 2 heterocycles. The fourth-order valence-corrected chi connectivity index (χ4v) is 2.33. The first kappa shape index (κ1) is 10.1. The number of rotatable bonds is 1. The third-order valence-corrected chi connectivity index (χ3v) is 3.17. The summed E-state index contributed by atoms with van der Waals surface area (Å²) in [5.41, 5.74) is 4.49. The lowest BCUT2D eigenvalue weighted by molar-refractivity contribution is 0.101. The summed E-state index contributed by atoms with van der Waals surface area (Å²) < 4.78 is 7.67. The van der Waals surface area contributed by atoms with Gasteiger partial charge in [-0.05, 0) is 24.6 Å². The highest BCUT2D eigenvalue weighted by Gasteiger charge is 2.15. The van der Waals surface area contributed by atoms with E-state index in [0.717, 1.165) is 22.1 Å². The molecule has 0 saturated heterocycles. The normalized spacial score (nSPS) is 11.5. The Hall–Kier alpha value is -2.03. The van der Waals surface area contributed by atoms with Crippen LogP contribution in [-0.4, -0.2) is 10.4 Å². The van der Waals surface area contributed by atoms with Crippen LogP contribution < -0.4 is 0 Å². The highest BCUT2D eigenvalue weighted by atomic mass is 16.3. The molecule has 0 fully saturated rings. The lowest BCUT2D eigenvalue weighted by Gasteiger charge is -1.99. The molecule has 0 N–H and O–H groups in total. The van der Waals surface area contributed by atoms with Crippen molar-refractivity contribution in [1.29, 1.82) is 0 Å². The first-order valence-electron chi connectivity index (χ1n) is 5.57. The standard InChI is InChI=1S/C14H13NO2/c1-8-4-5-10-12(6-8)17-13-7-11(9(2)16)15(3)14(10)13/h4-7H,1-3H3. The SMILES string of the molecule is CC(=O)c1cc2oc3cc(C)ccc3c2n1C. The Morgan fingerprint density at radius 3 is 2.71 bits per heavy atom. The first-order valence-corrected chi connectivity index (χ1v) is 5.57. The van der Waals surface area contributed by atoms with Gasteiger partial charge in [-0.3, -0.25) is 4.79 Å². The molecule has 3 nitrogen and oxygen atoms in total. The van der Waals surface area contributed by atoms with Crippen LogP contribution in [0, 0.1) is 6.92 Å². The van der Waals surface area contributed by atoms with E-state index in [1.807, 2.05) is 36.7 Å². The van der Waals surface area contributed by atoms with E-state index in [4.69, 9.17) is 4.42 Å². The second-order valence-electron chi connectivity index (χ2n) is 4.46. The molecule has 86 valence electrons. The first-order chi connectivity index (χ1) is 8.08. The van der Waals surface area contributed by atoms with Gasteiger partial charge < -0.3 is 8.98 Å². The van der Waals surface area contributed by atoms with Gasteiger partial charge in [0.15, 0.2) is 11.4 Å². The second-order valence-corrected chi connectivity index (χ2v) is 4.46. The molecule has 0 aliphatic rings. The van der Waals surface area contributed by atoms with Crippen molar-refractivity contribution in [3.63, 3.8) is 0 Å². The summed E-state index contributed by atoms with van der Waals surface area (Å²) in [6.07, 6.45) is 0. The lowest BCUT2D eigenvalue weighted by Crippen LogP contribution is -2.00. The van der Waals surface area contributed by atoms with Crippen molar-refractivity contribution >= 4 is 27.9 Å². The number of fused-ring (bicyclic) bond motifs is 3. The van der Waals surface area contributed by atoms with Crippen molar-refractivity contribution < 1.29 is 9.21 Å². The van der Waals surface area contributed by atoms with Crippen molar-refractivity contribution in [3.05, 3.63) is 35.5 Å². The molecule has 0 amide bonds. The zero-order valence-electron chi connectivity index (χ0n) is 10.1. The minimum atomic E-state index is 0.0548. The van der Waals surface area contributed by atoms with Crippen molar-refractivity contribution in [3.8, 4) is 0 Å². The summed E-state index contributed by atoms with van der Waals surface area (Å²) in [7, 11) is 1.90. The highest BCUT2D eigenvalue weighted by molar-refractivity contribution is 6.07. The Kier molecular flexibility index (Phi) is 1.93. The van der Waals surface area contributed by atoms with Crippen molar-refractivity contribution in [2.24, 2.45) is 7.05 Å². The molecule has 0 spiro atoms. The van der Waals surface area contributed by atoms with Crippen LogP contribution in [0.25, 0.3) is 22.1 Å². The Balaban J connectivity index is 2.46. The molecule has 0 saturated carbocycles. The molecule has 0 bridgehead atoms. The number of hydrogen-bond donors (Lipinski definition) is 0. The van der Waals surface area contributed by atoms with Crippen LogP contribution in [0.3, 0.4) is 0 Å². The maximum atomic E-state index is 11.5. The zero-order chi connectivity index (χ0) is 12.2. The Labute approximate surface area is 98.6 Å². The molecule has 0 unspecified atom stereocenters. The van der Waals surface area contributed by atoms with E-state index in [9.17, 15) is 4.79 Å². The van der Waals surface area contributed by atoms with E-state index in [-0.39, 0.29) is 5.78 Å². The average Bonchev–Trinajstić information content (AvgIpc) is 2.75. The molecule has 3 aromatic rings. The molecular weight excluding hydrogens is 214 g/mol. The Morgan fingerprint density at radius 1 is 1.24 bits per heavy atom. The van der Waals surface area contributed by atoms with Crippen molar-refractivity contribution in [2.45, 2.75) is 13.8 Å².